The van der Waals surface area contributed by atoms with E-state index in [-0.39, 0.29) is 28.7 Å². The minimum absolute atomic E-state index is 0.0106. The molecule has 1 saturated heterocycles. The average Bonchev–Trinajstić information content (AvgIpc) is 3.15. The fourth-order valence-electron chi connectivity index (χ4n) is 3.32. The molecule has 0 spiro atoms. The standard InChI is InChI=1S/C20H21N3O3S2/c1-2-13-4-3-5-16(10-13)21-19(24)14-6-8-15(9-7-14)22-20-23-17-11-28(25,26)12-18(17)27-20/h3-10,17-18H,2,11-12H2,1H3,(H,21,24)(H,22,23)/t17-,18+/m1/s1. The van der Waals surface area contributed by atoms with Gasteiger partial charge in [-0.3, -0.25) is 9.79 Å². The van der Waals surface area contributed by atoms with E-state index in [1.54, 1.807) is 12.1 Å². The van der Waals surface area contributed by atoms with Crippen molar-refractivity contribution < 1.29 is 13.2 Å². The van der Waals surface area contributed by atoms with Crippen molar-refractivity contribution in [2.24, 2.45) is 4.99 Å². The number of sulfone groups is 1. The van der Waals surface area contributed by atoms with Crippen LogP contribution in [-0.2, 0) is 16.3 Å². The number of carbonyl (C=O) groups is 1. The zero-order valence-corrected chi connectivity index (χ0v) is 17.0. The van der Waals surface area contributed by atoms with Gasteiger partial charge in [0.2, 0.25) is 0 Å². The summed E-state index contributed by atoms with van der Waals surface area (Å²) in [5.41, 5.74) is 3.34. The van der Waals surface area contributed by atoms with E-state index in [1.165, 1.54) is 17.3 Å². The molecule has 0 aliphatic carbocycles. The van der Waals surface area contributed by atoms with Gasteiger partial charge in [-0.25, -0.2) is 8.42 Å². The third-order valence-corrected chi connectivity index (χ3v) is 7.95. The van der Waals surface area contributed by atoms with Gasteiger partial charge in [-0.1, -0.05) is 30.8 Å². The highest BCUT2D eigenvalue weighted by Gasteiger charge is 2.42. The highest BCUT2D eigenvalue weighted by Crippen LogP contribution is 2.34. The molecule has 6 nitrogen and oxygen atoms in total. The SMILES string of the molecule is CCc1cccc(NC(=O)c2ccc(NC3=N[C@@H]4CS(=O)(=O)C[C@@H]4S3)cc2)c1. The van der Waals surface area contributed by atoms with Crippen molar-refractivity contribution in [3.05, 3.63) is 59.7 Å². The van der Waals surface area contributed by atoms with E-state index < -0.39 is 9.84 Å². The second-order valence-electron chi connectivity index (χ2n) is 6.95. The number of hydrogen-bond acceptors (Lipinski definition) is 6. The quantitative estimate of drug-likeness (QED) is 0.801. The molecule has 2 aliphatic rings. The van der Waals surface area contributed by atoms with Crippen molar-refractivity contribution in [2.45, 2.75) is 24.6 Å². The number of amidine groups is 1. The first-order valence-electron chi connectivity index (χ1n) is 9.14. The number of nitrogens with zero attached hydrogens (tertiary/aromatic N) is 1. The zero-order chi connectivity index (χ0) is 19.7. The van der Waals surface area contributed by atoms with Crippen LogP contribution < -0.4 is 10.6 Å². The molecule has 2 aliphatic heterocycles. The average molecular weight is 416 g/mol. The van der Waals surface area contributed by atoms with Crippen molar-refractivity contribution in [1.82, 2.24) is 0 Å². The normalized spacial score (nSPS) is 22.4. The van der Waals surface area contributed by atoms with Crippen LogP contribution in [0.5, 0.6) is 0 Å². The van der Waals surface area contributed by atoms with Gasteiger partial charge in [-0.05, 0) is 48.4 Å². The first-order valence-corrected chi connectivity index (χ1v) is 11.8. The molecule has 2 aromatic rings. The maximum Gasteiger partial charge on any atom is 0.255 e. The summed E-state index contributed by atoms with van der Waals surface area (Å²) < 4.78 is 23.3. The largest absolute Gasteiger partial charge is 0.335 e. The lowest BCUT2D eigenvalue weighted by molar-refractivity contribution is 0.102. The predicted molar refractivity (Wildman–Crippen MR) is 115 cm³/mol. The molecule has 8 heteroatoms. The number of nitrogens with one attached hydrogen (secondary N) is 2. The van der Waals surface area contributed by atoms with E-state index in [1.807, 2.05) is 36.4 Å². The van der Waals surface area contributed by atoms with Gasteiger partial charge in [-0.2, -0.15) is 0 Å². The first-order chi connectivity index (χ1) is 13.4. The van der Waals surface area contributed by atoms with Gasteiger partial charge in [0.05, 0.1) is 17.5 Å². The molecule has 146 valence electrons. The van der Waals surface area contributed by atoms with Crippen LogP contribution in [-0.4, -0.2) is 42.3 Å². The van der Waals surface area contributed by atoms with Crippen LogP contribution in [0.2, 0.25) is 0 Å². The van der Waals surface area contributed by atoms with Crippen LogP contribution in [0, 0.1) is 0 Å². The minimum Gasteiger partial charge on any atom is -0.335 e. The number of benzene rings is 2. The van der Waals surface area contributed by atoms with E-state index in [0.29, 0.717) is 5.56 Å². The minimum atomic E-state index is -2.95. The molecule has 1 fully saturated rings. The van der Waals surface area contributed by atoms with Crippen LogP contribution in [0.3, 0.4) is 0 Å². The van der Waals surface area contributed by atoms with E-state index in [4.69, 9.17) is 0 Å². The van der Waals surface area contributed by atoms with Crippen molar-refractivity contribution >= 4 is 44.0 Å². The van der Waals surface area contributed by atoms with Crippen LogP contribution in [0.1, 0.15) is 22.8 Å². The van der Waals surface area contributed by atoms with Crippen LogP contribution >= 0.6 is 11.8 Å². The Morgan fingerprint density at radius 1 is 1.14 bits per heavy atom. The molecule has 0 radical (unpaired) electrons. The monoisotopic (exact) mass is 415 g/mol. The van der Waals surface area contributed by atoms with Gasteiger partial charge in [0.1, 0.15) is 0 Å². The molecule has 2 atom stereocenters. The second kappa shape index (κ2) is 7.60. The Balaban J connectivity index is 1.38. The highest BCUT2D eigenvalue weighted by atomic mass is 32.2. The molecular weight excluding hydrogens is 394 g/mol. The molecule has 2 heterocycles. The number of hydrogen-bond donors (Lipinski definition) is 2. The fourth-order valence-corrected chi connectivity index (χ4v) is 6.99. The van der Waals surface area contributed by atoms with Crippen LogP contribution in [0.25, 0.3) is 0 Å². The van der Waals surface area contributed by atoms with Crippen molar-refractivity contribution in [1.29, 1.82) is 0 Å². The summed E-state index contributed by atoms with van der Waals surface area (Å²) in [7, 11) is -2.95. The highest BCUT2D eigenvalue weighted by molar-refractivity contribution is 8.15. The Kier molecular flexibility index (Phi) is 5.16. The Hall–Kier alpha value is -2.32. The van der Waals surface area contributed by atoms with Gasteiger partial charge < -0.3 is 10.6 Å². The first kappa shape index (κ1) is 19.0. The topological polar surface area (TPSA) is 87.6 Å². The lowest BCUT2D eigenvalue weighted by Gasteiger charge is -2.09. The molecule has 0 unspecified atom stereocenters. The summed E-state index contributed by atoms with van der Waals surface area (Å²) >= 11 is 1.47. The van der Waals surface area contributed by atoms with E-state index in [2.05, 4.69) is 22.5 Å². The van der Waals surface area contributed by atoms with Crippen LogP contribution in [0.4, 0.5) is 11.4 Å². The third-order valence-electron chi connectivity index (χ3n) is 4.81. The Morgan fingerprint density at radius 2 is 1.93 bits per heavy atom. The molecular formula is C20H21N3O3S2. The van der Waals surface area contributed by atoms with Crippen molar-refractivity contribution in [3.63, 3.8) is 0 Å². The lowest BCUT2D eigenvalue weighted by atomic mass is 10.1. The maximum atomic E-state index is 12.4. The number of amides is 1. The van der Waals surface area contributed by atoms with Gasteiger partial charge in [0.15, 0.2) is 15.0 Å². The number of carbonyl (C=O) groups excluding carboxylic acids is 1. The molecule has 0 aromatic heterocycles. The third kappa shape index (κ3) is 4.23. The molecule has 1 amide bonds. The smallest absolute Gasteiger partial charge is 0.255 e. The van der Waals surface area contributed by atoms with Crippen LogP contribution in [0.15, 0.2) is 53.5 Å². The molecule has 0 bridgehead atoms. The Labute approximate surface area is 168 Å². The van der Waals surface area contributed by atoms with Gasteiger partial charge in [0.25, 0.3) is 5.91 Å². The fraction of sp³-hybridized carbons (Fsp3) is 0.300. The molecule has 0 saturated carbocycles. The number of fused-ring (bicyclic) bond motifs is 1. The summed E-state index contributed by atoms with van der Waals surface area (Å²) in [6.45, 7) is 2.08. The van der Waals surface area contributed by atoms with E-state index >= 15 is 0 Å². The second-order valence-corrected chi connectivity index (χ2v) is 10.3. The summed E-state index contributed by atoms with van der Waals surface area (Å²) in [5, 5.41) is 6.88. The molecule has 2 N–H and O–H groups in total. The summed E-state index contributed by atoms with van der Waals surface area (Å²) in [6, 6.07) is 14.8. The van der Waals surface area contributed by atoms with Gasteiger partial charge in [0, 0.05) is 22.2 Å². The maximum absolute atomic E-state index is 12.4. The Morgan fingerprint density at radius 3 is 2.64 bits per heavy atom. The number of rotatable bonds is 4. The van der Waals surface area contributed by atoms with E-state index in [9.17, 15) is 13.2 Å². The number of aryl methyl sites for hydroxylation is 1. The predicted octanol–water partition coefficient (Wildman–Crippen LogP) is 3.18. The van der Waals surface area contributed by atoms with Gasteiger partial charge >= 0.3 is 0 Å². The number of anilines is 2. The molecule has 2 aromatic carbocycles. The molecule has 4 rings (SSSR count). The lowest BCUT2D eigenvalue weighted by Crippen LogP contribution is -2.13. The number of thioether (sulfide) groups is 1. The Bertz CT molecular complexity index is 1030. The van der Waals surface area contributed by atoms with Gasteiger partial charge in [-0.15, -0.1) is 0 Å². The summed E-state index contributed by atoms with van der Waals surface area (Å²) in [5.74, 6) is 0.163. The summed E-state index contributed by atoms with van der Waals surface area (Å²) in [4.78, 5) is 16.9. The molecule has 28 heavy (non-hydrogen) atoms. The van der Waals surface area contributed by atoms with Crippen molar-refractivity contribution in [3.8, 4) is 0 Å². The zero-order valence-electron chi connectivity index (χ0n) is 15.4. The van der Waals surface area contributed by atoms with E-state index in [0.717, 1.165) is 23.0 Å². The van der Waals surface area contributed by atoms with Crippen molar-refractivity contribution in [2.75, 3.05) is 22.1 Å². The number of aliphatic imine (C=N–C) groups is 1. The summed E-state index contributed by atoms with van der Waals surface area (Å²) in [6.07, 6.45) is 0.916.